The number of para-hydroxylation sites is 1. The van der Waals surface area contributed by atoms with Crippen molar-refractivity contribution < 1.29 is 13.9 Å². The molecule has 0 bridgehead atoms. The zero-order chi connectivity index (χ0) is 13.8. The van der Waals surface area contributed by atoms with Crippen molar-refractivity contribution in [3.8, 4) is 0 Å². The fourth-order valence-corrected chi connectivity index (χ4v) is 2.62. The molecule has 19 heavy (non-hydrogen) atoms. The van der Waals surface area contributed by atoms with Gasteiger partial charge in [-0.3, -0.25) is 0 Å². The molecule has 0 saturated heterocycles. The van der Waals surface area contributed by atoms with Crippen molar-refractivity contribution in [1.82, 2.24) is 9.55 Å². The third-order valence-electron chi connectivity index (χ3n) is 3.64. The molecule has 0 aliphatic heterocycles. The molecule has 3 rings (SSSR count). The van der Waals surface area contributed by atoms with Gasteiger partial charge in [0.25, 0.3) is 0 Å². The van der Waals surface area contributed by atoms with Crippen LogP contribution in [0.5, 0.6) is 0 Å². The molecule has 1 aliphatic carbocycles. The number of imidazole rings is 1. The molecule has 2 aromatic rings. The zero-order valence-corrected chi connectivity index (χ0v) is 10.9. The third-order valence-corrected chi connectivity index (χ3v) is 3.64. The van der Waals surface area contributed by atoms with Crippen LogP contribution in [0.25, 0.3) is 11.0 Å². The van der Waals surface area contributed by atoms with Crippen molar-refractivity contribution in [3.05, 3.63) is 29.8 Å². The van der Waals surface area contributed by atoms with Gasteiger partial charge in [-0.15, -0.1) is 0 Å². The van der Waals surface area contributed by atoms with E-state index in [2.05, 4.69) is 4.98 Å². The van der Waals surface area contributed by atoms with Crippen LogP contribution in [0.4, 0.5) is 8.78 Å². The zero-order valence-electron chi connectivity index (χ0n) is 10.9. The summed E-state index contributed by atoms with van der Waals surface area (Å²) in [5, 5.41) is 10.2. The van der Waals surface area contributed by atoms with Gasteiger partial charge in [0.05, 0.1) is 5.52 Å². The Morgan fingerprint density at radius 1 is 1.37 bits per heavy atom. The van der Waals surface area contributed by atoms with Crippen molar-refractivity contribution in [2.45, 2.75) is 44.5 Å². The summed E-state index contributed by atoms with van der Waals surface area (Å²) in [6.45, 7) is 3.21. The normalized spacial score (nSPS) is 23.6. The summed E-state index contributed by atoms with van der Waals surface area (Å²) >= 11 is 0. The van der Waals surface area contributed by atoms with E-state index in [1.165, 1.54) is 6.07 Å². The highest BCUT2D eigenvalue weighted by Gasteiger charge is 2.36. The maximum atomic E-state index is 13.8. The minimum atomic E-state index is -1.19. The van der Waals surface area contributed by atoms with Gasteiger partial charge in [0.1, 0.15) is 23.1 Å². The molecular weight excluding hydrogens is 250 g/mol. The predicted octanol–water partition coefficient (Wildman–Crippen LogP) is 3.08. The maximum Gasteiger partial charge on any atom is 0.151 e. The number of hydrogen-bond acceptors (Lipinski definition) is 2. The number of rotatable bonds is 2. The summed E-state index contributed by atoms with van der Waals surface area (Å²) in [7, 11) is 0. The van der Waals surface area contributed by atoms with Gasteiger partial charge in [0, 0.05) is 6.04 Å². The van der Waals surface area contributed by atoms with E-state index in [4.69, 9.17) is 0 Å². The molecule has 0 spiro atoms. The van der Waals surface area contributed by atoms with Crippen LogP contribution >= 0.6 is 0 Å². The van der Waals surface area contributed by atoms with E-state index < -0.39 is 17.6 Å². The summed E-state index contributed by atoms with van der Waals surface area (Å²) in [5.41, 5.74) is -0.330. The van der Waals surface area contributed by atoms with Crippen molar-refractivity contribution in [3.63, 3.8) is 0 Å². The fraction of sp³-hybridized carbons (Fsp3) is 0.500. The molecule has 1 heterocycles. The maximum absolute atomic E-state index is 13.8. The van der Waals surface area contributed by atoms with Crippen LogP contribution in [0.3, 0.4) is 0 Å². The minimum Gasteiger partial charge on any atom is -0.383 e. The van der Waals surface area contributed by atoms with E-state index in [0.29, 0.717) is 24.2 Å². The largest absolute Gasteiger partial charge is 0.383 e. The van der Waals surface area contributed by atoms with Crippen molar-refractivity contribution in [2.75, 3.05) is 0 Å². The van der Waals surface area contributed by atoms with Crippen LogP contribution in [-0.4, -0.2) is 20.8 Å². The molecule has 3 nitrogen and oxygen atoms in total. The monoisotopic (exact) mass is 266 g/mol. The fourth-order valence-electron chi connectivity index (χ4n) is 2.62. The molecule has 0 amide bonds. The van der Waals surface area contributed by atoms with Crippen molar-refractivity contribution in [2.24, 2.45) is 0 Å². The molecule has 0 unspecified atom stereocenters. The van der Waals surface area contributed by atoms with E-state index in [9.17, 15) is 13.9 Å². The molecule has 102 valence electrons. The molecule has 5 heteroatoms. The number of aliphatic hydroxyl groups is 1. The van der Waals surface area contributed by atoms with E-state index in [1.54, 1.807) is 30.5 Å². The molecular formula is C14H16F2N2O. The first-order valence-corrected chi connectivity index (χ1v) is 6.41. The average Bonchev–Trinajstić information content (AvgIpc) is 2.65. The second kappa shape index (κ2) is 4.00. The van der Waals surface area contributed by atoms with Crippen LogP contribution in [0.1, 0.15) is 38.6 Å². The third kappa shape index (κ3) is 1.92. The van der Waals surface area contributed by atoms with Crippen LogP contribution < -0.4 is 0 Å². The van der Waals surface area contributed by atoms with Crippen LogP contribution in [-0.2, 0) is 5.60 Å². The standard InChI is InChI=1S/C14H16F2N2O/c1-14(2,19)13-17-12-10(16)4-3-5-11(12)18(13)9-6-8(15)7-9/h3-5,8-9,19H,6-7H2,1-2H3. The van der Waals surface area contributed by atoms with E-state index >= 15 is 0 Å². The lowest BCUT2D eigenvalue weighted by atomic mass is 9.89. The smallest absolute Gasteiger partial charge is 0.151 e. The Morgan fingerprint density at radius 3 is 2.63 bits per heavy atom. The Hall–Kier alpha value is -1.49. The van der Waals surface area contributed by atoms with Gasteiger partial charge in [-0.1, -0.05) is 6.07 Å². The van der Waals surface area contributed by atoms with Crippen molar-refractivity contribution in [1.29, 1.82) is 0 Å². The van der Waals surface area contributed by atoms with Gasteiger partial charge in [-0.2, -0.15) is 0 Å². The average molecular weight is 266 g/mol. The lowest BCUT2D eigenvalue weighted by molar-refractivity contribution is 0.0542. The number of aromatic nitrogens is 2. The first kappa shape index (κ1) is 12.5. The van der Waals surface area contributed by atoms with E-state index in [1.807, 2.05) is 0 Å². The van der Waals surface area contributed by atoms with Crippen LogP contribution in [0.15, 0.2) is 18.2 Å². The quantitative estimate of drug-likeness (QED) is 0.907. The Kier molecular flexibility index (Phi) is 2.64. The highest BCUT2D eigenvalue weighted by Crippen LogP contribution is 2.40. The van der Waals surface area contributed by atoms with Gasteiger partial charge in [0.15, 0.2) is 5.82 Å². The highest BCUT2D eigenvalue weighted by molar-refractivity contribution is 5.77. The summed E-state index contributed by atoms with van der Waals surface area (Å²) in [5.74, 6) is -0.0256. The lowest BCUT2D eigenvalue weighted by Crippen LogP contribution is -2.32. The van der Waals surface area contributed by atoms with Gasteiger partial charge in [-0.05, 0) is 38.8 Å². The van der Waals surface area contributed by atoms with Gasteiger partial charge in [-0.25, -0.2) is 13.8 Å². The van der Waals surface area contributed by atoms with Crippen LogP contribution in [0.2, 0.25) is 0 Å². The SMILES string of the molecule is CC(C)(O)c1nc2c(F)cccc2n1C1CC(F)C1. The Labute approximate surface area is 109 Å². The lowest BCUT2D eigenvalue weighted by Gasteiger charge is -2.34. The molecule has 1 fully saturated rings. The first-order chi connectivity index (χ1) is 8.88. The second-order valence-electron chi connectivity index (χ2n) is 5.69. The van der Waals surface area contributed by atoms with Crippen molar-refractivity contribution >= 4 is 11.0 Å². The highest BCUT2D eigenvalue weighted by atomic mass is 19.1. The topological polar surface area (TPSA) is 38.1 Å². The summed E-state index contributed by atoms with van der Waals surface area (Å²) in [6, 6.07) is 4.65. The molecule has 1 aliphatic rings. The Balaban J connectivity index is 2.23. The first-order valence-electron chi connectivity index (χ1n) is 6.41. The number of benzene rings is 1. The predicted molar refractivity (Wildman–Crippen MR) is 68.1 cm³/mol. The number of alkyl halides is 1. The molecule has 1 saturated carbocycles. The number of halogens is 2. The number of hydrogen-bond donors (Lipinski definition) is 1. The molecule has 1 N–H and O–H groups in total. The van der Waals surface area contributed by atoms with E-state index in [-0.39, 0.29) is 11.6 Å². The van der Waals surface area contributed by atoms with Gasteiger partial charge in [0.2, 0.25) is 0 Å². The second-order valence-corrected chi connectivity index (χ2v) is 5.69. The summed E-state index contributed by atoms with van der Waals surface area (Å²) < 4.78 is 28.7. The molecule has 1 aromatic heterocycles. The molecule has 0 atom stereocenters. The van der Waals surface area contributed by atoms with Gasteiger partial charge >= 0.3 is 0 Å². The Bertz CT molecular complexity index is 624. The summed E-state index contributed by atoms with van der Waals surface area (Å²) in [6.07, 6.45) is -0.0264. The Morgan fingerprint density at radius 2 is 2.05 bits per heavy atom. The minimum absolute atomic E-state index is 0.0526. The van der Waals surface area contributed by atoms with Gasteiger partial charge < -0.3 is 9.67 Å². The number of fused-ring (bicyclic) bond motifs is 1. The van der Waals surface area contributed by atoms with Crippen LogP contribution in [0, 0.1) is 5.82 Å². The van der Waals surface area contributed by atoms with E-state index in [0.717, 1.165) is 0 Å². The number of nitrogens with zero attached hydrogens (tertiary/aromatic N) is 2. The summed E-state index contributed by atoms with van der Waals surface area (Å²) in [4.78, 5) is 4.23. The molecule has 0 radical (unpaired) electrons. The molecule has 1 aromatic carbocycles.